The van der Waals surface area contributed by atoms with E-state index in [-0.39, 0.29) is 17.9 Å². The van der Waals surface area contributed by atoms with Crippen LogP contribution in [0, 0.1) is 23.2 Å². The lowest BCUT2D eigenvalue weighted by molar-refractivity contribution is -0.137. The molecule has 36 heavy (non-hydrogen) atoms. The van der Waals surface area contributed by atoms with Gasteiger partial charge < -0.3 is 14.5 Å². The molecule has 4 unspecified atom stereocenters. The van der Waals surface area contributed by atoms with Crippen LogP contribution in [0.15, 0.2) is 54.6 Å². The van der Waals surface area contributed by atoms with Gasteiger partial charge >= 0.3 is 5.97 Å². The van der Waals surface area contributed by atoms with Crippen molar-refractivity contribution in [3.8, 4) is 0 Å². The van der Waals surface area contributed by atoms with Crippen molar-refractivity contribution in [2.75, 3.05) is 24.6 Å². The molecule has 4 fully saturated rings. The zero-order valence-electron chi connectivity index (χ0n) is 22.2. The molecule has 5 heteroatoms. The van der Waals surface area contributed by atoms with Gasteiger partial charge in [-0.25, -0.2) is 4.79 Å². The number of hydrogen-bond donors (Lipinski definition) is 0. The van der Waals surface area contributed by atoms with E-state index in [1.165, 1.54) is 6.42 Å². The second kappa shape index (κ2) is 9.91. The molecule has 3 aliphatic carbocycles. The Kier molecular flexibility index (Phi) is 6.84. The van der Waals surface area contributed by atoms with Crippen LogP contribution in [0.25, 0.3) is 0 Å². The SMILES string of the molecule is CCOC(=O)c1ccc(N2CCC(N(C(=O)c3ccccc3)C3CC4CC(C3C)C4(C)C)CC2)cc1. The highest BCUT2D eigenvalue weighted by Gasteiger charge is 2.58. The van der Waals surface area contributed by atoms with Crippen LogP contribution < -0.4 is 4.90 Å². The highest BCUT2D eigenvalue weighted by Crippen LogP contribution is 2.62. The third-order valence-electron chi connectivity index (χ3n) is 9.53. The highest BCUT2D eigenvalue weighted by molar-refractivity contribution is 5.94. The number of hydrogen-bond acceptors (Lipinski definition) is 4. The van der Waals surface area contributed by atoms with Gasteiger partial charge in [0.25, 0.3) is 5.91 Å². The number of amides is 1. The first-order valence-electron chi connectivity index (χ1n) is 13.7. The van der Waals surface area contributed by atoms with Gasteiger partial charge in [-0.3, -0.25) is 4.79 Å². The van der Waals surface area contributed by atoms with Crippen LogP contribution in [0.4, 0.5) is 5.69 Å². The van der Waals surface area contributed by atoms with Crippen LogP contribution in [0.2, 0.25) is 0 Å². The molecule has 1 saturated heterocycles. The molecule has 4 atom stereocenters. The lowest BCUT2D eigenvalue weighted by Gasteiger charge is -2.64. The first kappa shape index (κ1) is 24.9. The average Bonchev–Trinajstić information content (AvgIpc) is 2.90. The number of esters is 1. The monoisotopic (exact) mass is 488 g/mol. The lowest BCUT2D eigenvalue weighted by atomic mass is 9.44. The maximum atomic E-state index is 13.9. The molecular formula is C31H40N2O3. The summed E-state index contributed by atoms with van der Waals surface area (Å²) in [5.41, 5.74) is 2.91. The maximum absolute atomic E-state index is 13.9. The first-order chi connectivity index (χ1) is 17.3. The van der Waals surface area contributed by atoms with E-state index >= 15 is 0 Å². The molecule has 3 saturated carbocycles. The van der Waals surface area contributed by atoms with Crippen molar-refractivity contribution in [2.24, 2.45) is 23.2 Å². The van der Waals surface area contributed by atoms with Crippen molar-refractivity contribution in [1.29, 1.82) is 0 Å². The Morgan fingerprint density at radius 1 is 0.972 bits per heavy atom. The van der Waals surface area contributed by atoms with Gasteiger partial charge in [0.1, 0.15) is 0 Å². The third kappa shape index (κ3) is 4.42. The number of nitrogens with zero attached hydrogens (tertiary/aromatic N) is 2. The van der Waals surface area contributed by atoms with Gasteiger partial charge in [0, 0.05) is 36.4 Å². The Bertz CT molecular complexity index is 1070. The van der Waals surface area contributed by atoms with E-state index in [9.17, 15) is 9.59 Å². The Morgan fingerprint density at radius 2 is 1.64 bits per heavy atom. The molecule has 2 aromatic carbocycles. The van der Waals surface area contributed by atoms with Crippen LogP contribution in [-0.4, -0.2) is 48.6 Å². The Morgan fingerprint density at radius 3 is 2.22 bits per heavy atom. The predicted octanol–water partition coefficient (Wildman–Crippen LogP) is 6.05. The zero-order valence-corrected chi connectivity index (χ0v) is 22.2. The summed E-state index contributed by atoms with van der Waals surface area (Å²) in [6.45, 7) is 11.2. The van der Waals surface area contributed by atoms with Crippen molar-refractivity contribution >= 4 is 17.6 Å². The summed E-state index contributed by atoms with van der Waals surface area (Å²) in [5, 5.41) is 0. The summed E-state index contributed by atoms with van der Waals surface area (Å²) in [6.07, 6.45) is 4.36. The standard InChI is InChI=1S/C31H40N2O3/c1-5-36-30(35)23-11-13-25(14-12-23)32-17-15-26(16-18-32)33(29(34)22-9-7-6-8-10-22)28-20-24-19-27(21(28)2)31(24,3)4/h6-14,21,24,26-28H,5,15-20H2,1-4H3. The van der Waals surface area contributed by atoms with E-state index < -0.39 is 0 Å². The van der Waals surface area contributed by atoms with Gasteiger partial charge in [-0.15, -0.1) is 0 Å². The molecule has 4 aliphatic rings. The fourth-order valence-corrected chi connectivity index (χ4v) is 7.23. The highest BCUT2D eigenvalue weighted by atomic mass is 16.5. The Hall–Kier alpha value is -2.82. The summed E-state index contributed by atoms with van der Waals surface area (Å²) in [5.74, 6) is 1.86. The van der Waals surface area contributed by atoms with E-state index in [0.29, 0.717) is 41.4 Å². The van der Waals surface area contributed by atoms with Gasteiger partial charge in [0.15, 0.2) is 0 Å². The Balaban J connectivity index is 1.32. The van der Waals surface area contributed by atoms with Crippen molar-refractivity contribution in [3.63, 3.8) is 0 Å². The molecule has 0 aromatic heterocycles. The van der Waals surface area contributed by atoms with Crippen molar-refractivity contribution in [3.05, 3.63) is 65.7 Å². The normalized spacial score (nSPS) is 27.2. The largest absolute Gasteiger partial charge is 0.462 e. The van der Waals surface area contributed by atoms with Gasteiger partial charge in [0.05, 0.1) is 12.2 Å². The number of fused-ring (bicyclic) bond motifs is 2. The molecule has 2 bridgehead atoms. The van der Waals surface area contributed by atoms with Crippen LogP contribution in [0.3, 0.4) is 0 Å². The second-order valence-corrected chi connectivity index (χ2v) is 11.6. The summed E-state index contributed by atoms with van der Waals surface area (Å²) in [6, 6.07) is 18.1. The van der Waals surface area contributed by atoms with Gasteiger partial charge in [0.2, 0.25) is 0 Å². The summed E-state index contributed by atoms with van der Waals surface area (Å²) >= 11 is 0. The van der Waals surface area contributed by atoms with E-state index in [1.807, 2.05) is 61.5 Å². The van der Waals surface area contributed by atoms with Gasteiger partial charge in [-0.2, -0.15) is 0 Å². The van der Waals surface area contributed by atoms with Crippen LogP contribution >= 0.6 is 0 Å². The zero-order chi connectivity index (χ0) is 25.4. The molecule has 192 valence electrons. The van der Waals surface area contributed by atoms with Crippen molar-refractivity contribution in [2.45, 2.75) is 65.5 Å². The molecule has 0 N–H and O–H groups in total. The second-order valence-electron chi connectivity index (χ2n) is 11.6. The fourth-order valence-electron chi connectivity index (χ4n) is 7.23. The van der Waals surface area contributed by atoms with Gasteiger partial charge in [-0.05, 0) is 92.2 Å². The number of carbonyl (C=O) groups excluding carboxylic acids is 2. The summed E-state index contributed by atoms with van der Waals surface area (Å²) in [7, 11) is 0. The van der Waals surface area contributed by atoms with Crippen LogP contribution in [0.5, 0.6) is 0 Å². The first-order valence-corrected chi connectivity index (χ1v) is 13.7. The maximum Gasteiger partial charge on any atom is 0.338 e. The Labute approximate surface area is 215 Å². The summed E-state index contributed by atoms with van der Waals surface area (Å²) < 4.78 is 5.11. The minimum atomic E-state index is -0.277. The number of anilines is 1. The number of ether oxygens (including phenoxy) is 1. The smallest absolute Gasteiger partial charge is 0.338 e. The summed E-state index contributed by atoms with van der Waals surface area (Å²) in [4.78, 5) is 30.6. The van der Waals surface area contributed by atoms with Gasteiger partial charge in [-0.1, -0.05) is 39.0 Å². The fraction of sp³-hybridized carbons (Fsp3) is 0.548. The molecule has 1 heterocycles. The molecule has 2 aromatic rings. The lowest BCUT2D eigenvalue weighted by Crippen LogP contribution is -2.63. The van der Waals surface area contributed by atoms with Crippen molar-refractivity contribution in [1.82, 2.24) is 4.90 Å². The van der Waals surface area contributed by atoms with Crippen molar-refractivity contribution < 1.29 is 14.3 Å². The van der Waals surface area contributed by atoms with E-state index in [4.69, 9.17) is 4.74 Å². The van der Waals surface area contributed by atoms with E-state index in [1.54, 1.807) is 0 Å². The topological polar surface area (TPSA) is 49.9 Å². The minimum Gasteiger partial charge on any atom is -0.462 e. The predicted molar refractivity (Wildman–Crippen MR) is 143 cm³/mol. The number of piperidine rings is 1. The third-order valence-corrected chi connectivity index (χ3v) is 9.53. The molecular weight excluding hydrogens is 448 g/mol. The molecule has 0 spiro atoms. The van der Waals surface area contributed by atoms with E-state index in [0.717, 1.165) is 43.6 Å². The molecule has 5 nitrogen and oxygen atoms in total. The van der Waals surface area contributed by atoms with Crippen LogP contribution in [0.1, 0.15) is 74.1 Å². The molecule has 6 rings (SSSR count). The number of carbonyl (C=O) groups is 2. The molecule has 1 aliphatic heterocycles. The van der Waals surface area contributed by atoms with Crippen LogP contribution in [-0.2, 0) is 4.74 Å². The quantitative estimate of drug-likeness (QED) is 0.465. The minimum absolute atomic E-state index is 0.198. The molecule has 1 amide bonds. The average molecular weight is 489 g/mol. The number of rotatable bonds is 6. The van der Waals surface area contributed by atoms with E-state index in [2.05, 4.69) is 30.6 Å². The molecule has 0 radical (unpaired) electrons. The number of benzene rings is 2.